The molecule has 0 fully saturated rings. The highest BCUT2D eigenvalue weighted by molar-refractivity contribution is 5.19. The molecule has 10 heavy (non-hydrogen) atoms. The molecule has 0 amide bonds. The quantitative estimate of drug-likeness (QED) is 0.412. The molecule has 0 atom stereocenters. The molecule has 1 heterocycles. The van der Waals surface area contributed by atoms with E-state index >= 15 is 0 Å². The molecule has 0 bridgehead atoms. The van der Waals surface area contributed by atoms with E-state index in [-0.39, 0.29) is 0 Å². The molecule has 2 rings (SSSR count). The second-order valence-electron chi connectivity index (χ2n) is 2.68. The first-order valence-corrected chi connectivity index (χ1v) is 3.59. The van der Waals surface area contributed by atoms with E-state index in [1.54, 1.807) is 6.20 Å². The van der Waals surface area contributed by atoms with E-state index in [0.717, 1.165) is 18.5 Å². The van der Waals surface area contributed by atoms with Crippen molar-refractivity contribution in [1.29, 1.82) is 0 Å². The van der Waals surface area contributed by atoms with Gasteiger partial charge in [-0.2, -0.15) is 0 Å². The first-order valence-electron chi connectivity index (χ1n) is 3.59. The van der Waals surface area contributed by atoms with Crippen molar-refractivity contribution in [2.75, 3.05) is 0 Å². The molecule has 0 spiro atoms. The Balaban J connectivity index is 2.59. The zero-order valence-electron chi connectivity index (χ0n) is 5.75. The highest BCUT2D eigenvalue weighted by Crippen LogP contribution is 2.16. The van der Waals surface area contributed by atoms with Gasteiger partial charge in [-0.3, -0.25) is 5.21 Å². The van der Waals surface area contributed by atoms with E-state index in [1.807, 2.05) is 6.07 Å². The van der Waals surface area contributed by atoms with Crippen LogP contribution in [0.5, 0.6) is 0 Å². The van der Waals surface area contributed by atoms with Crippen LogP contribution in [0.3, 0.4) is 0 Å². The van der Waals surface area contributed by atoms with Gasteiger partial charge in [0.05, 0.1) is 0 Å². The number of nitrogens with zero attached hydrogens (tertiary/aromatic N) is 1. The molecule has 0 saturated heterocycles. The summed E-state index contributed by atoms with van der Waals surface area (Å²) in [5.41, 5.74) is 2.38. The molecular weight excluding hydrogens is 126 g/mol. The van der Waals surface area contributed by atoms with Gasteiger partial charge in [0.25, 0.3) is 0 Å². The van der Waals surface area contributed by atoms with Gasteiger partial charge < -0.3 is 0 Å². The Morgan fingerprint density at radius 3 is 3.10 bits per heavy atom. The van der Waals surface area contributed by atoms with Gasteiger partial charge in [-0.25, -0.2) is 0 Å². The third kappa shape index (κ3) is 0.685. The summed E-state index contributed by atoms with van der Waals surface area (Å²) < 4.78 is 1.24. The van der Waals surface area contributed by atoms with Crippen molar-refractivity contribution in [2.45, 2.75) is 19.3 Å². The van der Waals surface area contributed by atoms with E-state index in [1.165, 1.54) is 16.7 Å². The molecule has 0 radical (unpaired) electrons. The Labute approximate surface area is 59.7 Å². The second kappa shape index (κ2) is 1.97. The minimum atomic E-state index is 1.02. The van der Waals surface area contributed by atoms with Crippen LogP contribution in [0.4, 0.5) is 0 Å². The summed E-state index contributed by atoms with van der Waals surface area (Å²) >= 11 is 0. The molecule has 52 valence electrons. The minimum Gasteiger partial charge on any atom is -0.285 e. The van der Waals surface area contributed by atoms with Crippen LogP contribution in [-0.2, 0) is 12.8 Å². The van der Waals surface area contributed by atoms with Crippen molar-refractivity contribution in [1.82, 2.24) is 0 Å². The lowest BCUT2D eigenvalue weighted by atomic mass is 10.2. The third-order valence-corrected chi connectivity index (χ3v) is 2.03. The third-order valence-electron chi connectivity index (χ3n) is 2.03. The van der Waals surface area contributed by atoms with Crippen molar-refractivity contribution < 1.29 is 9.94 Å². The van der Waals surface area contributed by atoms with E-state index in [2.05, 4.69) is 6.07 Å². The number of pyridine rings is 1. The SMILES string of the molecule is O[n+]1cccc2c1CCC2. The number of hydrogen-bond donors (Lipinski definition) is 1. The Morgan fingerprint density at radius 2 is 2.30 bits per heavy atom. The van der Waals surface area contributed by atoms with Crippen LogP contribution < -0.4 is 4.73 Å². The highest BCUT2D eigenvalue weighted by atomic mass is 16.5. The molecule has 0 aliphatic heterocycles. The summed E-state index contributed by atoms with van der Waals surface area (Å²) in [6, 6.07) is 3.96. The molecule has 2 heteroatoms. The van der Waals surface area contributed by atoms with E-state index in [9.17, 15) is 5.21 Å². The van der Waals surface area contributed by atoms with Crippen LogP contribution in [0.15, 0.2) is 18.3 Å². The Morgan fingerprint density at radius 1 is 1.40 bits per heavy atom. The maximum atomic E-state index is 9.25. The zero-order chi connectivity index (χ0) is 6.97. The van der Waals surface area contributed by atoms with Gasteiger partial charge in [-0.05, 0) is 18.9 Å². The summed E-state index contributed by atoms with van der Waals surface area (Å²) in [6.07, 6.45) is 5.01. The number of hydrogen-bond acceptors (Lipinski definition) is 1. The fourth-order valence-corrected chi connectivity index (χ4v) is 1.52. The molecule has 2 nitrogen and oxygen atoms in total. The molecular formula is C8H10NO+. The van der Waals surface area contributed by atoms with Gasteiger partial charge in [-0.15, -0.1) is 0 Å². The van der Waals surface area contributed by atoms with Gasteiger partial charge in [0.15, 0.2) is 0 Å². The fraction of sp³-hybridized carbons (Fsp3) is 0.375. The summed E-state index contributed by atoms with van der Waals surface area (Å²) in [6.45, 7) is 0. The smallest absolute Gasteiger partial charge is 0.237 e. The Kier molecular flexibility index (Phi) is 1.13. The zero-order valence-corrected chi connectivity index (χ0v) is 5.75. The van der Waals surface area contributed by atoms with Crippen molar-refractivity contribution in [3.63, 3.8) is 0 Å². The molecule has 0 unspecified atom stereocenters. The van der Waals surface area contributed by atoms with E-state index in [0.29, 0.717) is 0 Å². The van der Waals surface area contributed by atoms with Crippen LogP contribution in [-0.4, -0.2) is 5.21 Å². The van der Waals surface area contributed by atoms with Gasteiger partial charge in [0.1, 0.15) is 0 Å². The van der Waals surface area contributed by atoms with Crippen molar-refractivity contribution >= 4 is 0 Å². The van der Waals surface area contributed by atoms with Crippen LogP contribution in [0.1, 0.15) is 17.7 Å². The molecule has 1 N–H and O–H groups in total. The van der Waals surface area contributed by atoms with Crippen LogP contribution in [0.2, 0.25) is 0 Å². The lowest BCUT2D eigenvalue weighted by molar-refractivity contribution is -0.909. The second-order valence-corrected chi connectivity index (χ2v) is 2.68. The molecule has 1 aromatic heterocycles. The molecule has 1 aliphatic rings. The fourth-order valence-electron chi connectivity index (χ4n) is 1.52. The normalized spacial score (nSPS) is 15.2. The highest BCUT2D eigenvalue weighted by Gasteiger charge is 2.20. The summed E-state index contributed by atoms with van der Waals surface area (Å²) in [7, 11) is 0. The maximum Gasteiger partial charge on any atom is 0.237 e. The summed E-state index contributed by atoms with van der Waals surface area (Å²) in [4.78, 5) is 0. The maximum absolute atomic E-state index is 9.25. The molecule has 1 aromatic rings. The van der Waals surface area contributed by atoms with Crippen LogP contribution in [0.25, 0.3) is 0 Å². The average molecular weight is 136 g/mol. The van der Waals surface area contributed by atoms with Crippen molar-refractivity contribution in [2.24, 2.45) is 0 Å². The van der Waals surface area contributed by atoms with Crippen molar-refractivity contribution in [3.8, 4) is 0 Å². The lowest BCUT2D eigenvalue weighted by Crippen LogP contribution is -2.34. The number of rotatable bonds is 0. The minimum absolute atomic E-state index is 1.02. The van der Waals surface area contributed by atoms with Gasteiger partial charge in [-0.1, -0.05) is 0 Å². The van der Waals surface area contributed by atoms with Crippen LogP contribution in [0, 0.1) is 0 Å². The van der Waals surface area contributed by atoms with Crippen LogP contribution >= 0.6 is 0 Å². The van der Waals surface area contributed by atoms with E-state index in [4.69, 9.17) is 0 Å². The van der Waals surface area contributed by atoms with Gasteiger partial charge in [0, 0.05) is 22.8 Å². The first-order chi connectivity index (χ1) is 4.88. The largest absolute Gasteiger partial charge is 0.285 e. The molecule has 0 aromatic carbocycles. The molecule has 0 saturated carbocycles. The van der Waals surface area contributed by atoms with E-state index < -0.39 is 0 Å². The Bertz CT molecular complexity index is 257. The topological polar surface area (TPSA) is 24.1 Å². The first kappa shape index (κ1) is 5.71. The Hall–Kier alpha value is -1.05. The van der Waals surface area contributed by atoms with Gasteiger partial charge >= 0.3 is 0 Å². The average Bonchev–Trinajstić information content (AvgIpc) is 2.36. The van der Waals surface area contributed by atoms with Gasteiger partial charge in [0.2, 0.25) is 11.9 Å². The summed E-state index contributed by atoms with van der Waals surface area (Å²) in [5, 5.41) is 9.25. The lowest BCUT2D eigenvalue weighted by Gasteiger charge is -1.90. The number of fused-ring (bicyclic) bond motifs is 1. The monoisotopic (exact) mass is 136 g/mol. The number of aryl methyl sites for hydroxylation is 1. The van der Waals surface area contributed by atoms with Crippen molar-refractivity contribution in [3.05, 3.63) is 29.6 Å². The summed E-state index contributed by atoms with van der Waals surface area (Å²) in [5.74, 6) is 0. The predicted molar refractivity (Wildman–Crippen MR) is 35.8 cm³/mol. The molecule has 1 aliphatic carbocycles. The number of aromatic nitrogens is 1. The standard InChI is InChI=1S/C8H10NO/c10-9-6-2-4-7-3-1-5-8(7)9/h2,4,6,10H,1,3,5H2/q+1. The predicted octanol–water partition coefficient (Wildman–Crippen LogP) is 0.700.